The fourth-order valence-corrected chi connectivity index (χ4v) is 1.97. The lowest BCUT2D eigenvalue weighted by atomic mass is 10.2. The molecule has 0 saturated carbocycles. The molecule has 5 heteroatoms. The second-order valence-corrected chi connectivity index (χ2v) is 5.07. The van der Waals surface area contributed by atoms with Crippen LogP contribution in [0, 0.1) is 0 Å². The second-order valence-electron chi connectivity index (χ2n) is 4.64. The number of amides is 2. The van der Waals surface area contributed by atoms with Gasteiger partial charge in [-0.3, -0.25) is 0 Å². The van der Waals surface area contributed by atoms with E-state index in [0.29, 0.717) is 18.0 Å². The van der Waals surface area contributed by atoms with Crippen LogP contribution in [0.4, 0.5) is 4.79 Å². The predicted octanol–water partition coefficient (Wildman–Crippen LogP) is 3.36. The highest BCUT2D eigenvalue weighted by molar-refractivity contribution is 6.30. The van der Waals surface area contributed by atoms with Gasteiger partial charge in [0, 0.05) is 24.0 Å². The Labute approximate surface area is 123 Å². The summed E-state index contributed by atoms with van der Waals surface area (Å²) in [6.07, 6.45) is 2.30. The van der Waals surface area contributed by atoms with Gasteiger partial charge >= 0.3 is 6.03 Å². The molecule has 1 aromatic carbocycles. The van der Waals surface area contributed by atoms with Crippen molar-refractivity contribution in [2.24, 2.45) is 0 Å². The van der Waals surface area contributed by atoms with Crippen molar-refractivity contribution in [3.05, 3.63) is 59.0 Å². The SMILES string of the molecule is CC(Cc1ccco1)NC(=O)NCc1ccc(Cl)cc1. The molecule has 1 aromatic heterocycles. The molecule has 1 heterocycles. The molecule has 2 rings (SSSR count). The number of benzene rings is 1. The Hall–Kier alpha value is -1.94. The maximum absolute atomic E-state index is 11.7. The quantitative estimate of drug-likeness (QED) is 0.888. The lowest BCUT2D eigenvalue weighted by Gasteiger charge is -2.13. The van der Waals surface area contributed by atoms with Gasteiger partial charge in [-0.2, -0.15) is 0 Å². The van der Waals surface area contributed by atoms with Crippen molar-refractivity contribution >= 4 is 17.6 Å². The van der Waals surface area contributed by atoms with Gasteiger partial charge in [0.15, 0.2) is 0 Å². The van der Waals surface area contributed by atoms with Crippen molar-refractivity contribution in [1.29, 1.82) is 0 Å². The molecular weight excluding hydrogens is 276 g/mol. The van der Waals surface area contributed by atoms with Gasteiger partial charge in [-0.1, -0.05) is 23.7 Å². The topological polar surface area (TPSA) is 54.3 Å². The summed E-state index contributed by atoms with van der Waals surface area (Å²) >= 11 is 5.80. The predicted molar refractivity (Wildman–Crippen MR) is 78.7 cm³/mol. The zero-order valence-corrected chi connectivity index (χ0v) is 12.0. The van der Waals surface area contributed by atoms with Gasteiger partial charge in [-0.25, -0.2) is 4.79 Å². The van der Waals surface area contributed by atoms with E-state index in [4.69, 9.17) is 16.0 Å². The molecule has 1 unspecified atom stereocenters. The molecule has 0 radical (unpaired) electrons. The van der Waals surface area contributed by atoms with E-state index in [-0.39, 0.29) is 12.1 Å². The number of hydrogen-bond acceptors (Lipinski definition) is 2. The number of nitrogens with one attached hydrogen (secondary N) is 2. The third kappa shape index (κ3) is 4.63. The van der Waals surface area contributed by atoms with E-state index in [9.17, 15) is 4.79 Å². The fraction of sp³-hybridized carbons (Fsp3) is 0.267. The minimum Gasteiger partial charge on any atom is -0.469 e. The highest BCUT2D eigenvalue weighted by atomic mass is 35.5. The molecule has 4 nitrogen and oxygen atoms in total. The molecule has 2 aromatic rings. The summed E-state index contributed by atoms with van der Waals surface area (Å²) < 4.78 is 5.24. The maximum Gasteiger partial charge on any atom is 0.315 e. The number of hydrogen-bond donors (Lipinski definition) is 2. The number of carbonyl (C=O) groups is 1. The minimum absolute atomic E-state index is 0.00590. The Morgan fingerprint density at radius 3 is 2.70 bits per heavy atom. The molecule has 0 aliphatic carbocycles. The summed E-state index contributed by atoms with van der Waals surface area (Å²) in [5, 5.41) is 6.35. The van der Waals surface area contributed by atoms with Crippen LogP contribution in [0.3, 0.4) is 0 Å². The van der Waals surface area contributed by atoms with Gasteiger partial charge in [-0.05, 0) is 36.8 Å². The fourth-order valence-electron chi connectivity index (χ4n) is 1.84. The first-order valence-corrected chi connectivity index (χ1v) is 6.82. The van der Waals surface area contributed by atoms with E-state index < -0.39 is 0 Å². The molecule has 0 aliphatic heterocycles. The van der Waals surface area contributed by atoms with Crippen LogP contribution >= 0.6 is 11.6 Å². The van der Waals surface area contributed by atoms with Gasteiger partial charge in [0.2, 0.25) is 0 Å². The Balaban J connectivity index is 1.73. The van der Waals surface area contributed by atoms with Crippen molar-refractivity contribution in [2.75, 3.05) is 0 Å². The van der Waals surface area contributed by atoms with Crippen LogP contribution in [0.25, 0.3) is 0 Å². The summed E-state index contributed by atoms with van der Waals surface area (Å²) in [5.41, 5.74) is 1.00. The van der Waals surface area contributed by atoms with E-state index in [1.165, 1.54) is 0 Å². The van der Waals surface area contributed by atoms with Crippen LogP contribution in [-0.4, -0.2) is 12.1 Å². The molecule has 0 aliphatic rings. The van der Waals surface area contributed by atoms with Crippen molar-refractivity contribution in [1.82, 2.24) is 10.6 Å². The van der Waals surface area contributed by atoms with Crippen LogP contribution in [0.5, 0.6) is 0 Å². The average molecular weight is 293 g/mol. The Bertz CT molecular complexity index is 538. The molecule has 106 valence electrons. The summed E-state index contributed by atoms with van der Waals surface area (Å²) in [4.78, 5) is 11.7. The molecule has 0 saturated heterocycles. The summed E-state index contributed by atoms with van der Waals surface area (Å²) in [7, 11) is 0. The standard InChI is InChI=1S/C15H17ClN2O2/c1-11(9-14-3-2-8-20-14)18-15(19)17-10-12-4-6-13(16)7-5-12/h2-8,11H,9-10H2,1H3,(H2,17,18,19). The number of furan rings is 1. The molecule has 0 spiro atoms. The molecule has 0 bridgehead atoms. The Morgan fingerprint density at radius 1 is 1.30 bits per heavy atom. The Kier molecular flexibility index (Phi) is 5.07. The summed E-state index contributed by atoms with van der Waals surface area (Å²) in [6, 6.07) is 10.9. The van der Waals surface area contributed by atoms with Crippen molar-refractivity contribution < 1.29 is 9.21 Å². The third-order valence-electron chi connectivity index (χ3n) is 2.83. The van der Waals surface area contributed by atoms with Crippen LogP contribution in [-0.2, 0) is 13.0 Å². The third-order valence-corrected chi connectivity index (χ3v) is 3.08. The average Bonchev–Trinajstić information content (AvgIpc) is 2.90. The number of urea groups is 1. The molecule has 2 N–H and O–H groups in total. The molecular formula is C15H17ClN2O2. The molecule has 0 fully saturated rings. The van der Waals surface area contributed by atoms with Crippen LogP contribution in [0.2, 0.25) is 5.02 Å². The van der Waals surface area contributed by atoms with Crippen LogP contribution in [0.1, 0.15) is 18.2 Å². The first-order valence-electron chi connectivity index (χ1n) is 6.44. The number of rotatable bonds is 5. The van der Waals surface area contributed by atoms with Crippen LogP contribution in [0.15, 0.2) is 47.1 Å². The number of halogens is 1. The van der Waals surface area contributed by atoms with Gasteiger partial charge in [0.05, 0.1) is 6.26 Å². The highest BCUT2D eigenvalue weighted by Gasteiger charge is 2.09. The molecule has 2 amide bonds. The van der Waals surface area contributed by atoms with E-state index >= 15 is 0 Å². The van der Waals surface area contributed by atoms with E-state index in [1.54, 1.807) is 18.4 Å². The largest absolute Gasteiger partial charge is 0.469 e. The monoisotopic (exact) mass is 292 g/mol. The van der Waals surface area contributed by atoms with Gasteiger partial charge in [0.25, 0.3) is 0 Å². The smallest absolute Gasteiger partial charge is 0.315 e. The van der Waals surface area contributed by atoms with E-state index in [1.807, 2.05) is 31.2 Å². The first kappa shape index (κ1) is 14.5. The molecule has 20 heavy (non-hydrogen) atoms. The first-order chi connectivity index (χ1) is 9.63. The van der Waals surface area contributed by atoms with E-state index in [2.05, 4.69) is 10.6 Å². The lowest BCUT2D eigenvalue weighted by molar-refractivity contribution is 0.237. The summed E-state index contributed by atoms with van der Waals surface area (Å²) in [6.45, 7) is 2.40. The zero-order chi connectivity index (χ0) is 14.4. The second kappa shape index (κ2) is 7.01. The van der Waals surface area contributed by atoms with E-state index in [0.717, 1.165) is 11.3 Å². The molecule has 1 atom stereocenters. The van der Waals surface area contributed by atoms with Crippen molar-refractivity contribution in [2.45, 2.75) is 25.9 Å². The normalized spacial score (nSPS) is 11.9. The van der Waals surface area contributed by atoms with Gasteiger partial charge in [-0.15, -0.1) is 0 Å². The Morgan fingerprint density at radius 2 is 2.05 bits per heavy atom. The number of carbonyl (C=O) groups excluding carboxylic acids is 1. The summed E-state index contributed by atoms with van der Waals surface area (Å²) in [5.74, 6) is 0.857. The van der Waals surface area contributed by atoms with Crippen LogP contribution < -0.4 is 10.6 Å². The van der Waals surface area contributed by atoms with Gasteiger partial charge < -0.3 is 15.1 Å². The zero-order valence-electron chi connectivity index (χ0n) is 11.2. The van der Waals surface area contributed by atoms with Crippen molar-refractivity contribution in [3.8, 4) is 0 Å². The maximum atomic E-state index is 11.7. The lowest BCUT2D eigenvalue weighted by Crippen LogP contribution is -2.41. The van der Waals surface area contributed by atoms with Gasteiger partial charge in [0.1, 0.15) is 5.76 Å². The minimum atomic E-state index is -0.195. The highest BCUT2D eigenvalue weighted by Crippen LogP contribution is 2.09. The van der Waals surface area contributed by atoms with Crippen molar-refractivity contribution in [3.63, 3.8) is 0 Å².